The molecule has 0 bridgehead atoms. The van der Waals surface area contributed by atoms with Gasteiger partial charge in [-0.2, -0.15) is 0 Å². The minimum Gasteiger partial charge on any atom is -0.497 e. The van der Waals surface area contributed by atoms with Crippen LogP contribution < -0.4 is 13.7 Å². The van der Waals surface area contributed by atoms with Crippen LogP contribution in [0, 0.1) is 5.82 Å². The Morgan fingerprint density at radius 3 is 2.72 bits per heavy atom. The van der Waals surface area contributed by atoms with Crippen LogP contribution in [0.4, 0.5) is 4.39 Å². The molecule has 2 heterocycles. The standard InChI is InChI=1S/C26H26FNO3S/c1-3-30-25-14-19-16-28-10-9-17-11-21(29-2)7-8-23(17)24(28)12-18(19)13-26(25)31-32-22-6-4-5-20(27)15-22/h4-8,11,13-15,24H,3,9-10,12,16H2,1-2H3. The predicted molar refractivity (Wildman–Crippen MR) is 124 cm³/mol. The number of hydrogen-bond acceptors (Lipinski definition) is 5. The zero-order valence-corrected chi connectivity index (χ0v) is 19.1. The molecule has 1 atom stereocenters. The van der Waals surface area contributed by atoms with Crippen molar-refractivity contribution in [2.45, 2.75) is 37.2 Å². The van der Waals surface area contributed by atoms with Gasteiger partial charge in [0.05, 0.1) is 30.7 Å². The van der Waals surface area contributed by atoms with Crippen molar-refractivity contribution in [2.24, 2.45) is 0 Å². The zero-order valence-electron chi connectivity index (χ0n) is 18.3. The van der Waals surface area contributed by atoms with Crippen LogP contribution in [0.2, 0.25) is 0 Å². The first-order chi connectivity index (χ1) is 15.6. The van der Waals surface area contributed by atoms with Gasteiger partial charge in [-0.05, 0) is 84.5 Å². The molecule has 5 rings (SSSR count). The van der Waals surface area contributed by atoms with Crippen LogP contribution in [0.25, 0.3) is 0 Å². The lowest BCUT2D eigenvalue weighted by Crippen LogP contribution is -2.39. The molecule has 0 saturated carbocycles. The van der Waals surface area contributed by atoms with E-state index >= 15 is 0 Å². The minimum absolute atomic E-state index is 0.276. The highest BCUT2D eigenvalue weighted by atomic mass is 32.2. The maximum atomic E-state index is 13.5. The summed E-state index contributed by atoms with van der Waals surface area (Å²) in [5, 5.41) is 0. The van der Waals surface area contributed by atoms with Crippen LogP contribution in [-0.2, 0) is 19.4 Å². The number of nitrogens with zero attached hydrogens (tertiary/aromatic N) is 1. The van der Waals surface area contributed by atoms with E-state index in [0.717, 1.165) is 49.5 Å². The van der Waals surface area contributed by atoms with Crippen molar-refractivity contribution >= 4 is 12.0 Å². The third-order valence-electron chi connectivity index (χ3n) is 6.19. The lowest BCUT2D eigenvalue weighted by atomic mass is 9.84. The fourth-order valence-corrected chi connectivity index (χ4v) is 5.26. The summed E-state index contributed by atoms with van der Waals surface area (Å²) in [6.07, 6.45) is 1.95. The Kier molecular flexibility index (Phi) is 5.98. The smallest absolute Gasteiger partial charge is 0.180 e. The topological polar surface area (TPSA) is 30.9 Å². The highest BCUT2D eigenvalue weighted by Gasteiger charge is 2.33. The molecule has 2 aliphatic heterocycles. The van der Waals surface area contributed by atoms with Gasteiger partial charge in [0.25, 0.3) is 0 Å². The molecule has 166 valence electrons. The van der Waals surface area contributed by atoms with Crippen molar-refractivity contribution in [3.05, 3.63) is 82.7 Å². The molecule has 0 N–H and O–H groups in total. The molecule has 0 aromatic heterocycles. The Bertz CT molecular complexity index is 1140. The van der Waals surface area contributed by atoms with E-state index in [1.807, 2.05) is 13.0 Å². The maximum Gasteiger partial charge on any atom is 0.180 e. The highest BCUT2D eigenvalue weighted by molar-refractivity contribution is 7.95. The predicted octanol–water partition coefficient (Wildman–Crippen LogP) is 5.97. The van der Waals surface area contributed by atoms with Crippen LogP contribution >= 0.6 is 12.0 Å². The van der Waals surface area contributed by atoms with Crippen molar-refractivity contribution < 1.29 is 18.0 Å². The summed E-state index contributed by atoms with van der Waals surface area (Å²) in [7, 11) is 1.72. The molecule has 0 radical (unpaired) electrons. The Hall–Kier alpha value is -2.70. The van der Waals surface area contributed by atoms with E-state index in [4.69, 9.17) is 13.7 Å². The first kappa shape index (κ1) is 21.2. The molecule has 0 saturated heterocycles. The summed E-state index contributed by atoms with van der Waals surface area (Å²) in [6.45, 7) is 4.45. The largest absolute Gasteiger partial charge is 0.497 e. The van der Waals surface area contributed by atoms with E-state index < -0.39 is 0 Å². The Labute approximate surface area is 192 Å². The van der Waals surface area contributed by atoms with Crippen LogP contribution in [0.3, 0.4) is 0 Å². The number of halogens is 1. The normalized spacial score (nSPS) is 17.2. The van der Waals surface area contributed by atoms with Gasteiger partial charge < -0.3 is 13.7 Å². The number of ether oxygens (including phenoxy) is 2. The Balaban J connectivity index is 1.43. The first-order valence-corrected chi connectivity index (χ1v) is 11.7. The van der Waals surface area contributed by atoms with E-state index in [-0.39, 0.29) is 5.82 Å². The molecule has 32 heavy (non-hydrogen) atoms. The number of benzene rings is 3. The van der Waals surface area contributed by atoms with E-state index in [2.05, 4.69) is 35.2 Å². The summed E-state index contributed by atoms with van der Waals surface area (Å²) in [6, 6.07) is 17.4. The van der Waals surface area contributed by atoms with Crippen LogP contribution in [0.15, 0.2) is 59.5 Å². The fourth-order valence-electron chi connectivity index (χ4n) is 4.65. The van der Waals surface area contributed by atoms with Crippen molar-refractivity contribution in [1.82, 2.24) is 4.90 Å². The SMILES string of the molecule is CCOc1cc2c(cc1OSc1cccc(F)c1)CC1c3ccc(OC)cc3CCN1C2. The van der Waals surface area contributed by atoms with Gasteiger partial charge in [0.1, 0.15) is 11.6 Å². The van der Waals surface area contributed by atoms with Crippen molar-refractivity contribution in [1.29, 1.82) is 0 Å². The maximum absolute atomic E-state index is 13.5. The number of hydrogen-bond donors (Lipinski definition) is 0. The second kappa shape index (κ2) is 9.04. The van der Waals surface area contributed by atoms with E-state index in [9.17, 15) is 4.39 Å². The third-order valence-corrected chi connectivity index (χ3v) is 6.90. The lowest BCUT2D eigenvalue weighted by molar-refractivity contribution is 0.160. The molecule has 0 fully saturated rings. The lowest BCUT2D eigenvalue weighted by Gasteiger charge is -2.41. The Morgan fingerprint density at radius 2 is 1.91 bits per heavy atom. The van der Waals surface area contributed by atoms with Gasteiger partial charge in [0, 0.05) is 19.1 Å². The van der Waals surface area contributed by atoms with Crippen molar-refractivity contribution in [2.75, 3.05) is 20.3 Å². The molecule has 6 heteroatoms. The summed E-state index contributed by atoms with van der Waals surface area (Å²) in [4.78, 5) is 3.26. The number of rotatable bonds is 6. The number of fused-ring (bicyclic) bond motifs is 4. The van der Waals surface area contributed by atoms with Gasteiger partial charge in [-0.3, -0.25) is 4.90 Å². The second-order valence-electron chi connectivity index (χ2n) is 8.13. The van der Waals surface area contributed by atoms with Crippen LogP contribution in [0.5, 0.6) is 17.2 Å². The van der Waals surface area contributed by atoms with Gasteiger partial charge in [-0.25, -0.2) is 4.39 Å². The molecule has 0 amide bonds. The van der Waals surface area contributed by atoms with Gasteiger partial charge in [-0.15, -0.1) is 0 Å². The average Bonchev–Trinajstić information content (AvgIpc) is 2.81. The third kappa shape index (κ3) is 4.17. The zero-order chi connectivity index (χ0) is 22.1. The monoisotopic (exact) mass is 451 g/mol. The van der Waals surface area contributed by atoms with Gasteiger partial charge in [0.15, 0.2) is 11.5 Å². The summed E-state index contributed by atoms with van der Waals surface area (Å²) >= 11 is 1.15. The Morgan fingerprint density at radius 1 is 1.03 bits per heavy atom. The fraction of sp³-hybridized carbons (Fsp3) is 0.308. The number of methoxy groups -OCH3 is 1. The van der Waals surface area contributed by atoms with Crippen LogP contribution in [-0.4, -0.2) is 25.2 Å². The molecule has 3 aromatic rings. The molecular formula is C26H26FNO3S. The van der Waals surface area contributed by atoms with Gasteiger partial charge in [0.2, 0.25) is 0 Å². The highest BCUT2D eigenvalue weighted by Crippen LogP contribution is 2.43. The van der Waals surface area contributed by atoms with Crippen molar-refractivity contribution in [3.63, 3.8) is 0 Å². The quantitative estimate of drug-likeness (QED) is 0.431. The molecule has 1 unspecified atom stereocenters. The van der Waals surface area contributed by atoms with E-state index in [1.165, 1.54) is 34.4 Å². The minimum atomic E-state index is -0.276. The molecular weight excluding hydrogens is 425 g/mol. The summed E-state index contributed by atoms with van der Waals surface area (Å²) < 4.78 is 30.9. The molecule has 3 aromatic carbocycles. The summed E-state index contributed by atoms with van der Waals surface area (Å²) in [5.41, 5.74) is 5.31. The second-order valence-corrected chi connectivity index (χ2v) is 8.93. The average molecular weight is 452 g/mol. The molecule has 0 spiro atoms. The van der Waals surface area contributed by atoms with Crippen LogP contribution in [0.1, 0.15) is 35.2 Å². The van der Waals surface area contributed by atoms with Crippen molar-refractivity contribution in [3.8, 4) is 17.2 Å². The van der Waals surface area contributed by atoms with E-state index in [0.29, 0.717) is 23.3 Å². The summed E-state index contributed by atoms with van der Waals surface area (Å²) in [5.74, 6) is 2.05. The van der Waals surface area contributed by atoms with Gasteiger partial charge in [-0.1, -0.05) is 12.1 Å². The van der Waals surface area contributed by atoms with E-state index in [1.54, 1.807) is 13.2 Å². The molecule has 4 nitrogen and oxygen atoms in total. The molecule has 2 aliphatic rings. The first-order valence-electron chi connectivity index (χ1n) is 10.9. The molecule has 0 aliphatic carbocycles. The van der Waals surface area contributed by atoms with Gasteiger partial charge >= 0.3 is 0 Å².